The van der Waals surface area contributed by atoms with E-state index < -0.39 is 15.9 Å². The number of amides is 1. The van der Waals surface area contributed by atoms with Crippen LogP contribution in [0.1, 0.15) is 28.4 Å². The Kier molecular flexibility index (Phi) is 8.45. The number of nitrogens with one attached hydrogen (secondary N) is 1. The predicted molar refractivity (Wildman–Crippen MR) is 150 cm³/mol. The van der Waals surface area contributed by atoms with Gasteiger partial charge in [-0.15, -0.1) is 0 Å². The van der Waals surface area contributed by atoms with Crippen LogP contribution in [0.15, 0.2) is 113 Å². The molecule has 0 saturated heterocycles. The van der Waals surface area contributed by atoms with Crippen LogP contribution >= 0.6 is 11.6 Å². The summed E-state index contributed by atoms with van der Waals surface area (Å²) in [4.78, 5) is 13.4. The largest absolute Gasteiger partial charge is 0.497 e. The van der Waals surface area contributed by atoms with Crippen LogP contribution in [0.3, 0.4) is 0 Å². The first kappa shape index (κ1) is 26.9. The van der Waals surface area contributed by atoms with E-state index in [1.54, 1.807) is 67.6 Å². The molecule has 0 heterocycles. The standard InChI is InChI=1S/C29H26ClN3O4S/c1-21(23-12-14-24(30)15-13-23)31-32-29(34)27-10-6-7-11-28(27)33(20-22-8-4-3-5-9-22)38(35,36)26-18-16-25(37-2)17-19-26/h3-19H,20H2,1-2H3,(H,32,34)/b31-21+. The molecule has 4 aromatic carbocycles. The summed E-state index contributed by atoms with van der Waals surface area (Å²) in [6.07, 6.45) is 0. The Morgan fingerprint density at radius 2 is 1.53 bits per heavy atom. The highest BCUT2D eigenvalue weighted by Gasteiger charge is 2.28. The first-order valence-corrected chi connectivity index (χ1v) is 13.5. The third-order valence-electron chi connectivity index (χ3n) is 5.82. The van der Waals surface area contributed by atoms with Crippen molar-refractivity contribution in [3.63, 3.8) is 0 Å². The molecular weight excluding hydrogens is 522 g/mol. The van der Waals surface area contributed by atoms with Crippen LogP contribution in [-0.2, 0) is 16.6 Å². The highest BCUT2D eigenvalue weighted by atomic mass is 35.5. The van der Waals surface area contributed by atoms with Crippen LogP contribution in [0.5, 0.6) is 5.75 Å². The molecule has 0 bridgehead atoms. The summed E-state index contributed by atoms with van der Waals surface area (Å²) in [7, 11) is -2.55. The summed E-state index contributed by atoms with van der Waals surface area (Å²) in [5.41, 5.74) is 5.06. The average molecular weight is 548 g/mol. The van der Waals surface area contributed by atoms with Crippen molar-refractivity contribution in [2.24, 2.45) is 5.10 Å². The number of carbonyl (C=O) groups excluding carboxylic acids is 1. The van der Waals surface area contributed by atoms with Crippen LogP contribution in [0.2, 0.25) is 5.02 Å². The SMILES string of the molecule is COc1ccc(S(=O)(=O)N(Cc2ccccc2)c2ccccc2C(=O)N/N=C(\C)c2ccc(Cl)cc2)cc1. The molecule has 7 nitrogen and oxygen atoms in total. The summed E-state index contributed by atoms with van der Waals surface area (Å²) >= 11 is 5.96. The summed E-state index contributed by atoms with van der Waals surface area (Å²) in [6.45, 7) is 1.78. The van der Waals surface area contributed by atoms with Crippen LogP contribution in [-0.4, -0.2) is 27.1 Å². The number of ether oxygens (including phenoxy) is 1. The number of anilines is 1. The van der Waals surface area contributed by atoms with Crippen molar-refractivity contribution in [2.75, 3.05) is 11.4 Å². The van der Waals surface area contributed by atoms with E-state index in [0.29, 0.717) is 16.5 Å². The highest BCUT2D eigenvalue weighted by Crippen LogP contribution is 2.30. The molecule has 0 spiro atoms. The monoisotopic (exact) mass is 547 g/mol. The van der Waals surface area contributed by atoms with Crippen LogP contribution in [0.4, 0.5) is 5.69 Å². The third-order valence-corrected chi connectivity index (χ3v) is 7.85. The lowest BCUT2D eigenvalue weighted by Crippen LogP contribution is -2.33. The lowest BCUT2D eigenvalue weighted by atomic mass is 10.1. The van der Waals surface area contributed by atoms with E-state index in [-0.39, 0.29) is 22.7 Å². The highest BCUT2D eigenvalue weighted by molar-refractivity contribution is 7.92. The van der Waals surface area contributed by atoms with E-state index in [1.807, 2.05) is 30.3 Å². The number of hydrogen-bond donors (Lipinski definition) is 1. The number of hydrogen-bond acceptors (Lipinski definition) is 5. The van der Waals surface area contributed by atoms with Crippen molar-refractivity contribution in [1.29, 1.82) is 0 Å². The van der Waals surface area contributed by atoms with Gasteiger partial charge in [0.05, 0.1) is 35.5 Å². The second-order valence-corrected chi connectivity index (χ2v) is 10.6. The molecule has 1 amide bonds. The van der Waals surface area contributed by atoms with Gasteiger partial charge in [0, 0.05) is 5.02 Å². The molecule has 0 radical (unpaired) electrons. The summed E-state index contributed by atoms with van der Waals surface area (Å²) < 4.78 is 34.2. The van der Waals surface area contributed by atoms with Gasteiger partial charge in [-0.25, -0.2) is 13.8 Å². The number of nitrogens with zero attached hydrogens (tertiary/aromatic N) is 2. The predicted octanol–water partition coefficient (Wildman–Crippen LogP) is 5.90. The van der Waals surface area contributed by atoms with Gasteiger partial charge in [-0.2, -0.15) is 5.10 Å². The molecule has 4 aromatic rings. The first-order chi connectivity index (χ1) is 18.3. The first-order valence-electron chi connectivity index (χ1n) is 11.7. The van der Waals surface area contributed by atoms with E-state index in [1.165, 1.54) is 23.5 Å². The number of methoxy groups -OCH3 is 1. The summed E-state index contributed by atoms with van der Waals surface area (Å²) in [6, 6.07) is 28.9. The zero-order valence-corrected chi connectivity index (χ0v) is 22.4. The lowest BCUT2D eigenvalue weighted by molar-refractivity contribution is 0.0955. The van der Waals surface area contributed by atoms with Gasteiger partial charge in [0.1, 0.15) is 5.75 Å². The maximum atomic E-state index is 13.9. The fourth-order valence-corrected chi connectivity index (χ4v) is 5.36. The van der Waals surface area contributed by atoms with E-state index >= 15 is 0 Å². The minimum atomic E-state index is -4.06. The smallest absolute Gasteiger partial charge is 0.273 e. The Morgan fingerprint density at radius 3 is 2.18 bits per heavy atom. The summed E-state index contributed by atoms with van der Waals surface area (Å²) in [5, 5.41) is 4.81. The van der Waals surface area contributed by atoms with Gasteiger partial charge in [-0.3, -0.25) is 9.10 Å². The topological polar surface area (TPSA) is 88.1 Å². The van der Waals surface area contributed by atoms with E-state index in [2.05, 4.69) is 10.5 Å². The molecule has 0 fully saturated rings. The normalized spacial score (nSPS) is 11.6. The van der Waals surface area contributed by atoms with Gasteiger partial charge in [0.2, 0.25) is 0 Å². The second-order valence-electron chi connectivity index (χ2n) is 8.33. The fraction of sp³-hybridized carbons (Fsp3) is 0.103. The molecule has 9 heteroatoms. The maximum Gasteiger partial charge on any atom is 0.273 e. The number of halogens is 1. The zero-order chi connectivity index (χ0) is 27.1. The molecule has 0 aliphatic rings. The number of rotatable bonds is 9. The van der Waals surface area contributed by atoms with Crippen LogP contribution in [0, 0.1) is 0 Å². The molecule has 0 aliphatic carbocycles. The van der Waals surface area contributed by atoms with Gasteiger partial charge in [-0.1, -0.05) is 66.2 Å². The Hall–Kier alpha value is -4.14. The Morgan fingerprint density at radius 1 is 0.895 bits per heavy atom. The minimum absolute atomic E-state index is 0.0204. The van der Waals surface area contributed by atoms with E-state index in [0.717, 1.165) is 11.1 Å². The van der Waals surface area contributed by atoms with E-state index in [9.17, 15) is 13.2 Å². The molecule has 0 saturated carbocycles. The van der Waals surface area contributed by atoms with Crippen molar-refractivity contribution < 1.29 is 17.9 Å². The summed E-state index contributed by atoms with van der Waals surface area (Å²) in [5.74, 6) is -0.0100. The Labute approximate surface area is 227 Å². The van der Waals surface area contributed by atoms with Crippen LogP contribution < -0.4 is 14.5 Å². The third kappa shape index (κ3) is 6.22. The molecule has 1 N–H and O–H groups in total. The second kappa shape index (κ2) is 11.9. The molecule has 194 valence electrons. The molecule has 0 unspecified atom stereocenters. The molecule has 38 heavy (non-hydrogen) atoms. The number of sulfonamides is 1. The van der Waals surface area contributed by atoms with Crippen molar-refractivity contribution in [1.82, 2.24) is 5.43 Å². The van der Waals surface area contributed by atoms with Crippen molar-refractivity contribution >= 4 is 38.9 Å². The fourth-order valence-electron chi connectivity index (χ4n) is 3.76. The molecule has 0 aliphatic heterocycles. The molecular formula is C29H26ClN3O4S. The quantitative estimate of drug-likeness (QED) is 0.209. The van der Waals surface area contributed by atoms with Crippen molar-refractivity contribution in [3.05, 3.63) is 125 Å². The van der Waals surface area contributed by atoms with Gasteiger partial charge in [-0.05, 0) is 66.6 Å². The lowest BCUT2D eigenvalue weighted by Gasteiger charge is -2.26. The number of hydrazone groups is 1. The zero-order valence-electron chi connectivity index (χ0n) is 20.8. The Balaban J connectivity index is 1.72. The van der Waals surface area contributed by atoms with Gasteiger partial charge in [0.15, 0.2) is 0 Å². The van der Waals surface area contributed by atoms with Gasteiger partial charge < -0.3 is 4.74 Å². The van der Waals surface area contributed by atoms with Crippen LogP contribution in [0.25, 0.3) is 0 Å². The minimum Gasteiger partial charge on any atom is -0.497 e. The molecule has 0 atom stereocenters. The number of carbonyl (C=O) groups is 1. The van der Waals surface area contributed by atoms with Crippen molar-refractivity contribution in [2.45, 2.75) is 18.4 Å². The van der Waals surface area contributed by atoms with Gasteiger partial charge >= 0.3 is 0 Å². The average Bonchev–Trinajstić information content (AvgIpc) is 2.95. The van der Waals surface area contributed by atoms with Gasteiger partial charge in [0.25, 0.3) is 15.9 Å². The number of benzene rings is 4. The van der Waals surface area contributed by atoms with Crippen molar-refractivity contribution in [3.8, 4) is 5.75 Å². The Bertz CT molecular complexity index is 1540. The van der Waals surface area contributed by atoms with E-state index in [4.69, 9.17) is 16.3 Å². The maximum absolute atomic E-state index is 13.9. The molecule has 0 aromatic heterocycles. The number of para-hydroxylation sites is 1. The molecule has 4 rings (SSSR count).